The minimum Gasteiger partial charge on any atom is -0.383 e. The summed E-state index contributed by atoms with van der Waals surface area (Å²) in [6.07, 6.45) is 4.73. The standard InChI is InChI=1S/C12H23NO3/c1-14-10-7-13(11-3-4-11)6-5-12-15-8-2-9-16-12/h11-12H,2-10H2,1H3. The Bertz CT molecular complexity index is 191. The van der Waals surface area contributed by atoms with E-state index in [2.05, 4.69) is 4.90 Å². The van der Waals surface area contributed by atoms with E-state index >= 15 is 0 Å². The molecule has 1 aliphatic heterocycles. The molecule has 4 heteroatoms. The van der Waals surface area contributed by atoms with E-state index in [0.717, 1.165) is 51.8 Å². The smallest absolute Gasteiger partial charge is 0.158 e. The minimum absolute atomic E-state index is 0.0255. The van der Waals surface area contributed by atoms with Crippen molar-refractivity contribution in [2.75, 3.05) is 40.0 Å². The van der Waals surface area contributed by atoms with Crippen molar-refractivity contribution in [3.05, 3.63) is 0 Å². The fourth-order valence-electron chi connectivity index (χ4n) is 2.10. The maximum absolute atomic E-state index is 5.55. The molecule has 0 spiro atoms. The summed E-state index contributed by atoms with van der Waals surface area (Å²) in [7, 11) is 1.76. The predicted octanol–water partition coefficient (Wildman–Crippen LogP) is 1.25. The van der Waals surface area contributed by atoms with Gasteiger partial charge in [0.1, 0.15) is 0 Å². The Labute approximate surface area is 97.8 Å². The third-order valence-corrected chi connectivity index (χ3v) is 3.19. The number of hydrogen-bond acceptors (Lipinski definition) is 4. The number of hydrogen-bond donors (Lipinski definition) is 0. The van der Waals surface area contributed by atoms with Gasteiger partial charge in [-0.05, 0) is 19.3 Å². The lowest BCUT2D eigenvalue weighted by Crippen LogP contribution is -2.35. The van der Waals surface area contributed by atoms with E-state index in [1.54, 1.807) is 7.11 Å². The maximum atomic E-state index is 5.55. The third-order valence-electron chi connectivity index (χ3n) is 3.19. The lowest BCUT2D eigenvalue weighted by molar-refractivity contribution is -0.182. The van der Waals surface area contributed by atoms with Gasteiger partial charge in [0.15, 0.2) is 6.29 Å². The largest absolute Gasteiger partial charge is 0.383 e. The Morgan fingerprint density at radius 2 is 1.94 bits per heavy atom. The van der Waals surface area contributed by atoms with Gasteiger partial charge in [0.2, 0.25) is 0 Å². The summed E-state index contributed by atoms with van der Waals surface area (Å²) in [5.41, 5.74) is 0. The summed E-state index contributed by atoms with van der Waals surface area (Å²) < 4.78 is 16.2. The Kier molecular flexibility index (Phi) is 5.03. The molecular formula is C12H23NO3. The monoisotopic (exact) mass is 229 g/mol. The van der Waals surface area contributed by atoms with Crippen LogP contribution < -0.4 is 0 Å². The van der Waals surface area contributed by atoms with Crippen molar-refractivity contribution in [1.29, 1.82) is 0 Å². The topological polar surface area (TPSA) is 30.9 Å². The molecule has 0 atom stereocenters. The van der Waals surface area contributed by atoms with Crippen LogP contribution in [-0.2, 0) is 14.2 Å². The van der Waals surface area contributed by atoms with Crippen LogP contribution in [0, 0.1) is 0 Å². The van der Waals surface area contributed by atoms with Crippen molar-refractivity contribution in [3.63, 3.8) is 0 Å². The van der Waals surface area contributed by atoms with Crippen LogP contribution in [0.5, 0.6) is 0 Å². The van der Waals surface area contributed by atoms with Gasteiger partial charge < -0.3 is 14.2 Å². The average molecular weight is 229 g/mol. The average Bonchev–Trinajstić information content (AvgIpc) is 3.15. The molecule has 0 unspecified atom stereocenters. The second kappa shape index (κ2) is 6.55. The van der Waals surface area contributed by atoms with Gasteiger partial charge in [0.25, 0.3) is 0 Å². The summed E-state index contributed by atoms with van der Waals surface area (Å²) in [5, 5.41) is 0. The Morgan fingerprint density at radius 3 is 2.56 bits per heavy atom. The second-order valence-corrected chi connectivity index (χ2v) is 4.57. The lowest BCUT2D eigenvalue weighted by Gasteiger charge is -2.27. The van der Waals surface area contributed by atoms with Crippen LogP contribution >= 0.6 is 0 Å². The first kappa shape index (κ1) is 12.3. The van der Waals surface area contributed by atoms with Crippen LogP contribution in [0.2, 0.25) is 0 Å². The fraction of sp³-hybridized carbons (Fsp3) is 1.00. The first-order chi connectivity index (χ1) is 7.90. The zero-order valence-corrected chi connectivity index (χ0v) is 10.2. The molecule has 2 rings (SSSR count). The predicted molar refractivity (Wildman–Crippen MR) is 61.4 cm³/mol. The van der Waals surface area contributed by atoms with Gasteiger partial charge in [-0.2, -0.15) is 0 Å². The molecular weight excluding hydrogens is 206 g/mol. The van der Waals surface area contributed by atoms with E-state index in [1.807, 2.05) is 0 Å². The molecule has 2 aliphatic rings. The Balaban J connectivity index is 1.64. The molecule has 0 aromatic heterocycles. The van der Waals surface area contributed by atoms with Crippen molar-refractivity contribution in [1.82, 2.24) is 4.90 Å². The summed E-state index contributed by atoms with van der Waals surface area (Å²) in [4.78, 5) is 2.50. The quantitative estimate of drug-likeness (QED) is 0.657. The molecule has 0 amide bonds. The highest BCUT2D eigenvalue weighted by Crippen LogP contribution is 2.27. The van der Waals surface area contributed by atoms with Crippen molar-refractivity contribution >= 4 is 0 Å². The number of methoxy groups -OCH3 is 1. The molecule has 0 bridgehead atoms. The highest BCUT2D eigenvalue weighted by molar-refractivity contribution is 4.84. The number of ether oxygens (including phenoxy) is 3. The van der Waals surface area contributed by atoms with E-state index in [0.29, 0.717) is 0 Å². The van der Waals surface area contributed by atoms with E-state index in [1.165, 1.54) is 12.8 Å². The third kappa shape index (κ3) is 4.01. The van der Waals surface area contributed by atoms with Crippen molar-refractivity contribution in [2.45, 2.75) is 38.0 Å². The van der Waals surface area contributed by atoms with Gasteiger partial charge >= 0.3 is 0 Å². The van der Waals surface area contributed by atoms with Crippen molar-refractivity contribution < 1.29 is 14.2 Å². The molecule has 94 valence electrons. The zero-order valence-electron chi connectivity index (χ0n) is 10.2. The molecule has 2 fully saturated rings. The molecule has 1 saturated carbocycles. The number of rotatable bonds is 7. The minimum atomic E-state index is 0.0255. The van der Waals surface area contributed by atoms with Gasteiger partial charge in [-0.15, -0.1) is 0 Å². The molecule has 0 radical (unpaired) electrons. The molecule has 1 aliphatic carbocycles. The molecule has 1 saturated heterocycles. The first-order valence-corrected chi connectivity index (χ1v) is 6.36. The van der Waals surface area contributed by atoms with E-state index in [-0.39, 0.29) is 6.29 Å². The molecule has 0 N–H and O–H groups in total. The van der Waals surface area contributed by atoms with Gasteiger partial charge in [-0.1, -0.05) is 0 Å². The summed E-state index contributed by atoms with van der Waals surface area (Å²) >= 11 is 0. The molecule has 16 heavy (non-hydrogen) atoms. The van der Waals surface area contributed by atoms with Crippen LogP contribution in [0.15, 0.2) is 0 Å². The number of nitrogens with zero attached hydrogens (tertiary/aromatic N) is 1. The van der Waals surface area contributed by atoms with E-state index in [4.69, 9.17) is 14.2 Å². The Morgan fingerprint density at radius 1 is 1.19 bits per heavy atom. The highest BCUT2D eigenvalue weighted by Gasteiger charge is 2.29. The summed E-state index contributed by atoms with van der Waals surface area (Å²) in [6.45, 7) is 4.63. The SMILES string of the molecule is COCCN(CCC1OCCCO1)C1CC1. The first-order valence-electron chi connectivity index (χ1n) is 6.36. The molecule has 0 aromatic rings. The van der Waals surface area contributed by atoms with Gasteiger partial charge in [-0.25, -0.2) is 0 Å². The highest BCUT2D eigenvalue weighted by atomic mass is 16.7. The zero-order chi connectivity index (χ0) is 11.2. The van der Waals surface area contributed by atoms with Crippen LogP contribution in [0.4, 0.5) is 0 Å². The van der Waals surface area contributed by atoms with Gasteiger partial charge in [-0.3, -0.25) is 4.90 Å². The Hall–Kier alpha value is -0.160. The van der Waals surface area contributed by atoms with E-state index < -0.39 is 0 Å². The van der Waals surface area contributed by atoms with Crippen LogP contribution in [0.1, 0.15) is 25.7 Å². The maximum Gasteiger partial charge on any atom is 0.158 e. The summed E-state index contributed by atoms with van der Waals surface area (Å²) in [6, 6.07) is 0.791. The van der Waals surface area contributed by atoms with Gasteiger partial charge in [0.05, 0.1) is 19.8 Å². The van der Waals surface area contributed by atoms with Crippen molar-refractivity contribution in [3.8, 4) is 0 Å². The molecule has 4 nitrogen and oxygen atoms in total. The van der Waals surface area contributed by atoms with Crippen LogP contribution in [0.25, 0.3) is 0 Å². The lowest BCUT2D eigenvalue weighted by atomic mass is 10.3. The van der Waals surface area contributed by atoms with Crippen molar-refractivity contribution in [2.24, 2.45) is 0 Å². The fourth-order valence-corrected chi connectivity index (χ4v) is 2.10. The summed E-state index contributed by atoms with van der Waals surface area (Å²) in [5.74, 6) is 0. The molecule has 1 heterocycles. The van der Waals surface area contributed by atoms with Crippen LogP contribution in [0.3, 0.4) is 0 Å². The second-order valence-electron chi connectivity index (χ2n) is 4.57. The normalized spacial score (nSPS) is 22.9. The van der Waals surface area contributed by atoms with Gasteiger partial charge in [0, 0.05) is 32.7 Å². The van der Waals surface area contributed by atoms with E-state index in [9.17, 15) is 0 Å². The molecule has 0 aromatic carbocycles. The van der Waals surface area contributed by atoms with Crippen LogP contribution in [-0.4, -0.2) is 57.3 Å².